The average molecular weight is 258 g/mol. The highest BCUT2D eigenvalue weighted by Crippen LogP contribution is 2.26. The third-order valence-electron chi connectivity index (χ3n) is 3.02. The molecule has 0 saturated carbocycles. The number of methoxy groups -OCH3 is 1. The fourth-order valence-electron chi connectivity index (χ4n) is 2.06. The minimum atomic E-state index is 0.102. The molecular formula is C15H18N2O2. The Hall–Kier alpha value is -2.10. The lowest BCUT2D eigenvalue weighted by Gasteiger charge is -2.08. The molecule has 0 aliphatic rings. The number of H-pyrrole nitrogens is 1. The second-order valence-electron chi connectivity index (χ2n) is 4.50. The molecule has 4 nitrogen and oxygen atoms in total. The molecule has 0 fully saturated rings. The first kappa shape index (κ1) is 13.3. The summed E-state index contributed by atoms with van der Waals surface area (Å²) in [5.41, 5.74) is 3.14. The normalized spacial score (nSPS) is 10.5. The van der Waals surface area contributed by atoms with Gasteiger partial charge in [0.2, 0.25) is 0 Å². The average Bonchev–Trinajstić information content (AvgIpc) is 2.85. The third-order valence-corrected chi connectivity index (χ3v) is 3.02. The summed E-state index contributed by atoms with van der Waals surface area (Å²) in [5.74, 6) is 1.70. The van der Waals surface area contributed by atoms with E-state index < -0.39 is 0 Å². The quantitative estimate of drug-likeness (QED) is 0.897. The molecule has 2 aromatic rings. The largest absolute Gasteiger partial charge is 0.496 e. The number of aromatic nitrogens is 2. The van der Waals surface area contributed by atoms with Crippen LogP contribution in [-0.4, -0.2) is 22.9 Å². The summed E-state index contributed by atoms with van der Waals surface area (Å²) < 4.78 is 5.31. The monoisotopic (exact) mass is 258 g/mol. The zero-order chi connectivity index (χ0) is 13.8. The van der Waals surface area contributed by atoms with Crippen molar-refractivity contribution in [3.8, 4) is 17.0 Å². The molecule has 1 aromatic heterocycles. The first-order valence-corrected chi connectivity index (χ1v) is 6.34. The van der Waals surface area contributed by atoms with Crippen molar-refractivity contribution < 1.29 is 9.53 Å². The van der Waals surface area contributed by atoms with Crippen LogP contribution in [0.4, 0.5) is 0 Å². The summed E-state index contributed by atoms with van der Waals surface area (Å²) in [6.07, 6.45) is 3.02. The van der Waals surface area contributed by atoms with Crippen molar-refractivity contribution in [3.05, 3.63) is 35.8 Å². The number of ether oxygens (including phenoxy) is 1. The molecule has 0 saturated heterocycles. The van der Waals surface area contributed by atoms with Gasteiger partial charge < -0.3 is 9.72 Å². The summed E-state index contributed by atoms with van der Waals surface area (Å²) >= 11 is 0. The van der Waals surface area contributed by atoms with Gasteiger partial charge in [0.05, 0.1) is 25.4 Å². The van der Waals surface area contributed by atoms with Gasteiger partial charge in [-0.2, -0.15) is 0 Å². The van der Waals surface area contributed by atoms with E-state index in [1.807, 2.05) is 12.1 Å². The molecule has 0 bridgehead atoms. The van der Waals surface area contributed by atoms with E-state index in [-0.39, 0.29) is 5.78 Å². The van der Waals surface area contributed by atoms with Crippen molar-refractivity contribution in [1.82, 2.24) is 9.97 Å². The third kappa shape index (κ3) is 3.02. The Balaban J connectivity index is 2.31. The molecule has 19 heavy (non-hydrogen) atoms. The van der Waals surface area contributed by atoms with Crippen LogP contribution in [0.15, 0.2) is 24.4 Å². The van der Waals surface area contributed by atoms with Gasteiger partial charge in [0.25, 0.3) is 0 Å². The summed E-state index contributed by atoms with van der Waals surface area (Å²) in [6.45, 7) is 3.65. The van der Waals surface area contributed by atoms with E-state index in [2.05, 4.69) is 23.0 Å². The van der Waals surface area contributed by atoms with Gasteiger partial charge in [0.1, 0.15) is 17.4 Å². The van der Waals surface area contributed by atoms with E-state index in [1.54, 1.807) is 20.2 Å². The van der Waals surface area contributed by atoms with Crippen LogP contribution in [0.5, 0.6) is 5.75 Å². The summed E-state index contributed by atoms with van der Waals surface area (Å²) in [5, 5.41) is 0. The lowest BCUT2D eigenvalue weighted by Crippen LogP contribution is -1.98. The molecule has 4 heteroatoms. The molecule has 0 atom stereocenters. The SMILES string of the molecule is CCc1cc(-c2cnc(CC(C)=O)[nH]2)ccc1OC. The number of benzene rings is 1. The smallest absolute Gasteiger partial charge is 0.137 e. The van der Waals surface area contributed by atoms with Crippen molar-refractivity contribution in [2.75, 3.05) is 7.11 Å². The molecule has 1 heterocycles. The zero-order valence-corrected chi connectivity index (χ0v) is 11.5. The number of hydrogen-bond acceptors (Lipinski definition) is 3. The molecule has 0 unspecified atom stereocenters. The number of nitrogens with one attached hydrogen (secondary N) is 1. The van der Waals surface area contributed by atoms with Crippen LogP contribution in [0.2, 0.25) is 0 Å². The summed E-state index contributed by atoms with van der Waals surface area (Å²) in [7, 11) is 1.68. The van der Waals surface area contributed by atoms with Gasteiger partial charge in [0.15, 0.2) is 0 Å². The number of rotatable bonds is 5. The first-order valence-electron chi connectivity index (χ1n) is 6.34. The molecule has 0 aliphatic carbocycles. The van der Waals surface area contributed by atoms with Crippen LogP contribution in [0.3, 0.4) is 0 Å². The molecule has 0 radical (unpaired) electrons. The highest BCUT2D eigenvalue weighted by atomic mass is 16.5. The van der Waals surface area contributed by atoms with Gasteiger partial charge in [0, 0.05) is 5.56 Å². The second kappa shape index (κ2) is 5.69. The van der Waals surface area contributed by atoms with E-state index in [9.17, 15) is 4.79 Å². The number of ketones is 1. The highest BCUT2D eigenvalue weighted by Gasteiger charge is 2.08. The predicted octanol–water partition coefficient (Wildman–Crippen LogP) is 2.78. The number of aromatic amines is 1. The number of aryl methyl sites for hydroxylation is 1. The summed E-state index contributed by atoms with van der Waals surface area (Å²) in [6, 6.07) is 6.03. The van der Waals surface area contributed by atoms with Crippen LogP contribution >= 0.6 is 0 Å². The molecule has 2 rings (SSSR count). The van der Waals surface area contributed by atoms with E-state index in [0.717, 1.165) is 29.0 Å². The van der Waals surface area contributed by atoms with Crippen LogP contribution < -0.4 is 4.74 Å². The molecule has 100 valence electrons. The van der Waals surface area contributed by atoms with E-state index in [1.165, 1.54) is 0 Å². The fourth-order valence-corrected chi connectivity index (χ4v) is 2.06. The van der Waals surface area contributed by atoms with Gasteiger partial charge in [-0.25, -0.2) is 4.98 Å². The van der Waals surface area contributed by atoms with E-state index in [4.69, 9.17) is 4.74 Å². The minimum absolute atomic E-state index is 0.102. The maximum absolute atomic E-state index is 11.1. The number of carbonyl (C=O) groups is 1. The fraction of sp³-hybridized carbons (Fsp3) is 0.333. The van der Waals surface area contributed by atoms with Gasteiger partial charge in [-0.1, -0.05) is 6.92 Å². The molecule has 0 spiro atoms. The Morgan fingerprint density at radius 1 is 1.42 bits per heavy atom. The Bertz CT molecular complexity index is 588. The zero-order valence-electron chi connectivity index (χ0n) is 11.5. The Labute approximate surface area is 112 Å². The second-order valence-corrected chi connectivity index (χ2v) is 4.50. The topological polar surface area (TPSA) is 55.0 Å². The van der Waals surface area contributed by atoms with Crippen molar-refractivity contribution >= 4 is 5.78 Å². The Morgan fingerprint density at radius 3 is 2.84 bits per heavy atom. The van der Waals surface area contributed by atoms with Gasteiger partial charge in [-0.05, 0) is 37.1 Å². The van der Waals surface area contributed by atoms with Crippen LogP contribution in [-0.2, 0) is 17.6 Å². The lowest BCUT2D eigenvalue weighted by molar-refractivity contribution is -0.116. The van der Waals surface area contributed by atoms with Crippen molar-refractivity contribution in [1.29, 1.82) is 0 Å². The molecule has 1 N–H and O–H groups in total. The predicted molar refractivity (Wildman–Crippen MR) is 74.3 cm³/mol. The number of carbonyl (C=O) groups excluding carboxylic acids is 1. The maximum atomic E-state index is 11.1. The molecule has 1 aromatic carbocycles. The molecular weight excluding hydrogens is 240 g/mol. The number of imidazole rings is 1. The standard InChI is InChI=1S/C15H18N2O2/c1-4-11-8-12(5-6-14(11)19-3)13-9-16-15(17-13)7-10(2)18/h5-6,8-9H,4,7H2,1-3H3,(H,16,17). The van der Waals surface area contributed by atoms with Crippen LogP contribution in [0.25, 0.3) is 11.3 Å². The first-order chi connectivity index (χ1) is 9.13. The highest BCUT2D eigenvalue weighted by molar-refractivity contribution is 5.77. The van der Waals surface area contributed by atoms with Crippen LogP contribution in [0.1, 0.15) is 25.2 Å². The van der Waals surface area contributed by atoms with Crippen molar-refractivity contribution in [2.24, 2.45) is 0 Å². The van der Waals surface area contributed by atoms with E-state index in [0.29, 0.717) is 12.2 Å². The maximum Gasteiger partial charge on any atom is 0.137 e. The molecule has 0 aliphatic heterocycles. The van der Waals surface area contributed by atoms with Gasteiger partial charge in [-0.15, -0.1) is 0 Å². The van der Waals surface area contributed by atoms with Crippen LogP contribution in [0, 0.1) is 0 Å². The molecule has 0 amide bonds. The van der Waals surface area contributed by atoms with Gasteiger partial charge in [-0.3, -0.25) is 4.79 Å². The Kier molecular flexibility index (Phi) is 4.00. The summed E-state index contributed by atoms with van der Waals surface area (Å²) in [4.78, 5) is 18.5. The Morgan fingerprint density at radius 2 is 2.21 bits per heavy atom. The van der Waals surface area contributed by atoms with Gasteiger partial charge >= 0.3 is 0 Å². The van der Waals surface area contributed by atoms with E-state index >= 15 is 0 Å². The van der Waals surface area contributed by atoms with Crippen molar-refractivity contribution in [2.45, 2.75) is 26.7 Å². The number of nitrogens with zero attached hydrogens (tertiary/aromatic N) is 1. The van der Waals surface area contributed by atoms with Crippen molar-refractivity contribution in [3.63, 3.8) is 0 Å². The minimum Gasteiger partial charge on any atom is -0.496 e. The number of Topliss-reactive ketones (excluding diaryl/α,β-unsaturated/α-hetero) is 1. The lowest BCUT2D eigenvalue weighted by atomic mass is 10.1. The number of hydrogen-bond donors (Lipinski definition) is 1.